The molecule has 1 aromatic carbocycles. The maximum Gasteiger partial charge on any atom is 0.246 e. The minimum absolute atomic E-state index is 0.391. The highest BCUT2D eigenvalue weighted by atomic mass is 16.5. The summed E-state index contributed by atoms with van der Waals surface area (Å²) in [5.74, 6) is 3.48. The fourth-order valence-corrected chi connectivity index (χ4v) is 2.31. The van der Waals surface area contributed by atoms with Crippen molar-refractivity contribution in [3.8, 4) is 17.2 Å². The fraction of sp³-hybridized carbons (Fsp3) is 0.471. The minimum Gasteiger partial charge on any atom is -0.493 e. The summed E-state index contributed by atoms with van der Waals surface area (Å²) in [6, 6.07) is 3.74. The van der Waals surface area contributed by atoms with Crippen LogP contribution in [0.3, 0.4) is 0 Å². The van der Waals surface area contributed by atoms with Crippen LogP contribution in [0.15, 0.2) is 21.6 Å². The Morgan fingerprint density at radius 3 is 2.31 bits per heavy atom. The smallest absolute Gasteiger partial charge is 0.246 e. The van der Waals surface area contributed by atoms with Crippen molar-refractivity contribution in [1.29, 1.82) is 0 Å². The van der Waals surface area contributed by atoms with E-state index in [4.69, 9.17) is 18.7 Å². The van der Waals surface area contributed by atoms with Crippen LogP contribution in [-0.4, -0.2) is 44.0 Å². The zero-order valence-corrected chi connectivity index (χ0v) is 15.8. The highest BCUT2D eigenvalue weighted by molar-refractivity contribution is 5.79. The summed E-state index contributed by atoms with van der Waals surface area (Å²) in [7, 11) is 4.75. The predicted octanol–water partition coefficient (Wildman–Crippen LogP) is 1.66. The van der Waals surface area contributed by atoms with Gasteiger partial charge >= 0.3 is 0 Å². The zero-order chi connectivity index (χ0) is 18.9. The standard InChI is InChI=1S/C17H25N5O4/c1-6-18-17(20-10-15-21-11(2)22-26-15)19-9-12-7-13(23-3)16(25-5)14(8-12)24-4/h7-8H,6,9-10H2,1-5H3,(H2,18,19,20). The summed E-state index contributed by atoms with van der Waals surface area (Å²) in [5.41, 5.74) is 0.922. The molecular formula is C17H25N5O4. The monoisotopic (exact) mass is 363 g/mol. The molecular weight excluding hydrogens is 338 g/mol. The molecule has 0 aliphatic rings. The van der Waals surface area contributed by atoms with Crippen molar-refractivity contribution < 1.29 is 18.7 Å². The van der Waals surface area contributed by atoms with Crippen LogP contribution in [0.2, 0.25) is 0 Å². The minimum atomic E-state index is 0.391. The Bertz CT molecular complexity index is 719. The molecule has 1 heterocycles. The SMILES string of the molecule is CCNC(=NCc1cc(OC)c(OC)c(OC)c1)NCc1nc(C)no1. The number of nitrogens with one attached hydrogen (secondary N) is 2. The second-order valence-corrected chi connectivity index (χ2v) is 5.32. The van der Waals surface area contributed by atoms with Crippen LogP contribution in [0.5, 0.6) is 17.2 Å². The molecule has 0 atom stereocenters. The van der Waals surface area contributed by atoms with Crippen molar-refractivity contribution >= 4 is 5.96 Å². The van der Waals surface area contributed by atoms with Gasteiger partial charge in [0.2, 0.25) is 11.6 Å². The fourth-order valence-electron chi connectivity index (χ4n) is 2.31. The molecule has 9 nitrogen and oxygen atoms in total. The van der Waals surface area contributed by atoms with E-state index in [2.05, 4.69) is 25.8 Å². The Morgan fingerprint density at radius 1 is 1.12 bits per heavy atom. The van der Waals surface area contributed by atoms with E-state index >= 15 is 0 Å². The number of aliphatic imine (C=N–C) groups is 1. The summed E-state index contributed by atoms with van der Waals surface area (Å²) in [6.45, 7) is 5.31. The van der Waals surface area contributed by atoms with Gasteiger partial charge in [0.05, 0.1) is 34.4 Å². The Kier molecular flexibility index (Phi) is 7.07. The van der Waals surface area contributed by atoms with Crippen LogP contribution >= 0.6 is 0 Å². The normalized spacial score (nSPS) is 11.2. The van der Waals surface area contributed by atoms with Gasteiger partial charge in [-0.1, -0.05) is 5.16 Å². The predicted molar refractivity (Wildman–Crippen MR) is 96.8 cm³/mol. The van der Waals surface area contributed by atoms with Crippen molar-refractivity contribution in [3.05, 3.63) is 29.4 Å². The molecule has 0 fully saturated rings. The van der Waals surface area contributed by atoms with Crippen LogP contribution in [-0.2, 0) is 13.1 Å². The highest BCUT2D eigenvalue weighted by Gasteiger charge is 2.13. The number of guanidine groups is 1. The summed E-state index contributed by atoms with van der Waals surface area (Å²) < 4.78 is 21.2. The molecule has 0 bridgehead atoms. The van der Waals surface area contributed by atoms with Crippen LogP contribution < -0.4 is 24.8 Å². The van der Waals surface area contributed by atoms with Gasteiger partial charge in [-0.3, -0.25) is 0 Å². The van der Waals surface area contributed by atoms with E-state index in [1.165, 1.54) is 0 Å². The number of aryl methyl sites for hydroxylation is 1. The van der Waals surface area contributed by atoms with E-state index in [0.29, 0.717) is 48.0 Å². The molecule has 2 N–H and O–H groups in total. The molecule has 0 aliphatic carbocycles. The number of hydrogen-bond donors (Lipinski definition) is 2. The topological polar surface area (TPSA) is 103 Å². The molecule has 9 heteroatoms. The largest absolute Gasteiger partial charge is 0.493 e. The molecule has 0 radical (unpaired) electrons. The van der Waals surface area contributed by atoms with Crippen molar-refractivity contribution in [2.45, 2.75) is 26.9 Å². The van der Waals surface area contributed by atoms with E-state index in [1.54, 1.807) is 28.3 Å². The van der Waals surface area contributed by atoms with Crippen molar-refractivity contribution in [1.82, 2.24) is 20.8 Å². The number of benzene rings is 1. The van der Waals surface area contributed by atoms with E-state index in [1.807, 2.05) is 19.1 Å². The lowest BCUT2D eigenvalue weighted by Crippen LogP contribution is -2.36. The van der Waals surface area contributed by atoms with E-state index in [0.717, 1.165) is 12.1 Å². The molecule has 0 spiro atoms. The Labute approximate surface area is 152 Å². The number of nitrogens with zero attached hydrogens (tertiary/aromatic N) is 3. The van der Waals surface area contributed by atoms with Gasteiger partial charge in [0.15, 0.2) is 23.3 Å². The summed E-state index contributed by atoms with van der Waals surface area (Å²) in [4.78, 5) is 8.72. The summed E-state index contributed by atoms with van der Waals surface area (Å²) in [6.07, 6.45) is 0. The van der Waals surface area contributed by atoms with E-state index in [9.17, 15) is 0 Å². The first-order chi connectivity index (χ1) is 12.6. The average Bonchev–Trinajstić information content (AvgIpc) is 3.08. The van der Waals surface area contributed by atoms with Gasteiger partial charge in [0.1, 0.15) is 0 Å². The molecule has 2 aromatic rings. The molecule has 1 aromatic heterocycles. The third-order valence-electron chi connectivity index (χ3n) is 3.47. The van der Waals surface area contributed by atoms with Gasteiger partial charge in [-0.25, -0.2) is 4.99 Å². The number of rotatable bonds is 8. The average molecular weight is 363 g/mol. The number of hydrogen-bond acceptors (Lipinski definition) is 7. The Balaban J connectivity index is 2.12. The van der Waals surface area contributed by atoms with Crippen LogP contribution in [0, 0.1) is 6.92 Å². The second kappa shape index (κ2) is 9.50. The Hall–Kier alpha value is -2.97. The first kappa shape index (κ1) is 19.4. The van der Waals surface area contributed by atoms with E-state index in [-0.39, 0.29) is 0 Å². The number of methoxy groups -OCH3 is 3. The lowest BCUT2D eigenvalue weighted by Gasteiger charge is -2.14. The molecule has 0 unspecified atom stereocenters. The molecule has 0 aliphatic heterocycles. The third kappa shape index (κ3) is 5.01. The van der Waals surface area contributed by atoms with Crippen molar-refractivity contribution in [3.63, 3.8) is 0 Å². The van der Waals surface area contributed by atoms with Gasteiger partial charge in [-0.05, 0) is 31.5 Å². The maximum atomic E-state index is 5.37. The first-order valence-corrected chi connectivity index (χ1v) is 8.21. The quantitative estimate of drug-likeness (QED) is 0.539. The molecule has 0 saturated heterocycles. The van der Waals surface area contributed by atoms with Crippen LogP contribution in [0.4, 0.5) is 0 Å². The van der Waals surface area contributed by atoms with Crippen molar-refractivity contribution in [2.24, 2.45) is 4.99 Å². The third-order valence-corrected chi connectivity index (χ3v) is 3.47. The van der Waals surface area contributed by atoms with Crippen LogP contribution in [0.1, 0.15) is 24.2 Å². The van der Waals surface area contributed by atoms with Gasteiger partial charge in [-0.15, -0.1) is 0 Å². The lowest BCUT2D eigenvalue weighted by molar-refractivity contribution is 0.324. The molecule has 26 heavy (non-hydrogen) atoms. The summed E-state index contributed by atoms with van der Waals surface area (Å²) in [5, 5.41) is 10.1. The number of aromatic nitrogens is 2. The van der Waals surface area contributed by atoms with Gasteiger partial charge in [0.25, 0.3) is 0 Å². The van der Waals surface area contributed by atoms with Crippen LogP contribution in [0.25, 0.3) is 0 Å². The Morgan fingerprint density at radius 2 is 1.81 bits per heavy atom. The maximum absolute atomic E-state index is 5.37. The van der Waals surface area contributed by atoms with Gasteiger partial charge < -0.3 is 29.4 Å². The van der Waals surface area contributed by atoms with Crippen molar-refractivity contribution in [2.75, 3.05) is 27.9 Å². The lowest BCUT2D eigenvalue weighted by atomic mass is 10.2. The molecule has 0 saturated carbocycles. The van der Waals surface area contributed by atoms with Gasteiger partial charge in [-0.2, -0.15) is 4.98 Å². The van der Waals surface area contributed by atoms with Gasteiger partial charge in [0, 0.05) is 6.54 Å². The number of ether oxygens (including phenoxy) is 3. The highest BCUT2D eigenvalue weighted by Crippen LogP contribution is 2.38. The first-order valence-electron chi connectivity index (χ1n) is 8.21. The molecule has 2 rings (SSSR count). The zero-order valence-electron chi connectivity index (χ0n) is 15.8. The second-order valence-electron chi connectivity index (χ2n) is 5.32. The summed E-state index contributed by atoms with van der Waals surface area (Å²) >= 11 is 0. The van der Waals surface area contributed by atoms with E-state index < -0.39 is 0 Å². The molecule has 142 valence electrons. The molecule has 0 amide bonds.